The van der Waals surface area contributed by atoms with Crippen LogP contribution < -0.4 is 15.1 Å². The number of amides is 1. The Balaban J connectivity index is 0.00000256. The highest BCUT2D eigenvalue weighted by atomic mass is 127. The normalized spacial score (nSPS) is 16.6. The molecule has 6 nitrogen and oxygen atoms in total. The van der Waals surface area contributed by atoms with Crippen LogP contribution in [0.15, 0.2) is 59.6 Å². The van der Waals surface area contributed by atoms with Gasteiger partial charge in [-0.05, 0) is 36.6 Å². The first-order chi connectivity index (χ1) is 14.3. The molecule has 4 rings (SSSR count). The number of carbonyl (C=O) groups excluding carboxylic acids is 1. The average molecular weight is 519 g/mol. The van der Waals surface area contributed by atoms with E-state index >= 15 is 0 Å². The minimum Gasteiger partial charge on any atom is -0.368 e. The van der Waals surface area contributed by atoms with Crippen molar-refractivity contribution in [2.24, 2.45) is 4.99 Å². The molecule has 0 aliphatic carbocycles. The summed E-state index contributed by atoms with van der Waals surface area (Å²) in [5, 5.41) is 3.29. The van der Waals surface area contributed by atoms with Crippen LogP contribution in [0.2, 0.25) is 0 Å². The molecular weight excluding hydrogens is 489 g/mol. The molecule has 1 N–H and O–H groups in total. The summed E-state index contributed by atoms with van der Waals surface area (Å²) in [6.45, 7) is 4.70. The predicted molar refractivity (Wildman–Crippen MR) is 134 cm³/mol. The van der Waals surface area contributed by atoms with Crippen LogP contribution in [-0.4, -0.2) is 63.1 Å². The first-order valence-corrected chi connectivity index (χ1v) is 10.4. The van der Waals surface area contributed by atoms with Gasteiger partial charge in [0.2, 0.25) is 5.91 Å². The highest BCUT2D eigenvalue weighted by molar-refractivity contribution is 14.0. The van der Waals surface area contributed by atoms with Crippen molar-refractivity contribution in [2.75, 3.05) is 56.1 Å². The van der Waals surface area contributed by atoms with E-state index in [0.29, 0.717) is 0 Å². The molecule has 1 amide bonds. The third kappa shape index (κ3) is 5.06. The van der Waals surface area contributed by atoms with E-state index in [4.69, 9.17) is 0 Å². The van der Waals surface area contributed by atoms with Crippen molar-refractivity contribution in [1.29, 1.82) is 0 Å². The van der Waals surface area contributed by atoms with Gasteiger partial charge in [-0.2, -0.15) is 0 Å². The van der Waals surface area contributed by atoms with Gasteiger partial charge < -0.3 is 20.0 Å². The van der Waals surface area contributed by atoms with Crippen molar-refractivity contribution in [1.82, 2.24) is 10.2 Å². The number of hydrogen-bond donors (Lipinski definition) is 1. The zero-order chi connectivity index (χ0) is 20.1. The van der Waals surface area contributed by atoms with Crippen molar-refractivity contribution in [2.45, 2.75) is 12.8 Å². The number of halogens is 1. The Bertz CT molecular complexity index is 865. The van der Waals surface area contributed by atoms with Crippen LogP contribution >= 0.6 is 24.0 Å². The number of guanidine groups is 1. The number of aliphatic imine (C=N–C) groups is 1. The van der Waals surface area contributed by atoms with Crippen molar-refractivity contribution < 1.29 is 4.79 Å². The molecule has 0 aromatic heterocycles. The van der Waals surface area contributed by atoms with Crippen LogP contribution in [0, 0.1) is 0 Å². The minimum absolute atomic E-state index is 0. The summed E-state index contributed by atoms with van der Waals surface area (Å²) in [6.07, 6.45) is 2.06. The van der Waals surface area contributed by atoms with Crippen molar-refractivity contribution in [3.05, 3.63) is 60.2 Å². The molecule has 2 aliphatic rings. The fourth-order valence-electron chi connectivity index (χ4n) is 4.19. The number of aryl methyl sites for hydroxylation is 1. The molecule has 0 atom stereocenters. The fraction of sp³-hybridized carbons (Fsp3) is 0.391. The van der Waals surface area contributed by atoms with E-state index in [0.717, 1.165) is 57.2 Å². The third-order valence-corrected chi connectivity index (χ3v) is 5.72. The number of anilines is 2. The summed E-state index contributed by atoms with van der Waals surface area (Å²) < 4.78 is 0. The molecule has 1 saturated heterocycles. The summed E-state index contributed by atoms with van der Waals surface area (Å²) in [6, 6.07) is 18.7. The molecule has 2 aromatic rings. The maximum absolute atomic E-state index is 12.9. The van der Waals surface area contributed by atoms with E-state index in [1.54, 1.807) is 7.05 Å². The van der Waals surface area contributed by atoms with E-state index < -0.39 is 0 Å². The predicted octanol–water partition coefficient (Wildman–Crippen LogP) is 2.98. The van der Waals surface area contributed by atoms with Crippen LogP contribution in [0.3, 0.4) is 0 Å². The molecule has 0 unspecified atom stereocenters. The Hall–Kier alpha value is -2.29. The Labute approximate surface area is 196 Å². The maximum Gasteiger partial charge on any atom is 0.246 e. The second-order valence-corrected chi connectivity index (χ2v) is 7.49. The van der Waals surface area contributed by atoms with E-state index in [9.17, 15) is 4.79 Å². The fourth-order valence-corrected chi connectivity index (χ4v) is 4.19. The van der Waals surface area contributed by atoms with Gasteiger partial charge in [-0.3, -0.25) is 9.79 Å². The van der Waals surface area contributed by atoms with Gasteiger partial charge in [0.1, 0.15) is 0 Å². The lowest BCUT2D eigenvalue weighted by atomic mass is 10.0. The molecule has 160 valence electrons. The summed E-state index contributed by atoms with van der Waals surface area (Å²) in [5.74, 6) is 0.901. The lowest BCUT2D eigenvalue weighted by molar-refractivity contribution is -0.117. The second kappa shape index (κ2) is 10.7. The van der Waals surface area contributed by atoms with Crippen LogP contribution in [0.4, 0.5) is 11.4 Å². The van der Waals surface area contributed by atoms with Gasteiger partial charge in [0.25, 0.3) is 0 Å². The molecule has 1 fully saturated rings. The monoisotopic (exact) mass is 519 g/mol. The topological polar surface area (TPSA) is 51.2 Å². The van der Waals surface area contributed by atoms with E-state index in [2.05, 4.69) is 50.4 Å². The number of carbonyl (C=O) groups is 1. The molecule has 2 aromatic carbocycles. The Morgan fingerprint density at radius 2 is 1.67 bits per heavy atom. The SMILES string of the molecule is CN=C(NCC(=O)N1CCCc2ccccc21)N1CCN(c2ccccc2)CC1.I. The van der Waals surface area contributed by atoms with Crippen molar-refractivity contribution in [3.8, 4) is 0 Å². The number of nitrogens with zero attached hydrogens (tertiary/aromatic N) is 4. The number of rotatable bonds is 3. The molecular formula is C23H30IN5O. The Kier molecular flexibility index (Phi) is 7.95. The summed E-state index contributed by atoms with van der Waals surface area (Å²) in [5.41, 5.74) is 3.57. The lowest BCUT2D eigenvalue weighted by Gasteiger charge is -2.38. The Morgan fingerprint density at radius 1 is 0.967 bits per heavy atom. The van der Waals surface area contributed by atoms with Gasteiger partial charge in [0.15, 0.2) is 5.96 Å². The number of nitrogens with one attached hydrogen (secondary N) is 1. The number of hydrogen-bond acceptors (Lipinski definition) is 3. The highest BCUT2D eigenvalue weighted by Crippen LogP contribution is 2.26. The smallest absolute Gasteiger partial charge is 0.246 e. The van der Waals surface area contributed by atoms with Gasteiger partial charge in [0, 0.05) is 51.1 Å². The minimum atomic E-state index is 0. The number of benzene rings is 2. The second-order valence-electron chi connectivity index (χ2n) is 7.49. The molecule has 2 heterocycles. The quantitative estimate of drug-likeness (QED) is 0.385. The molecule has 0 spiro atoms. The van der Waals surface area contributed by atoms with Gasteiger partial charge in [0.05, 0.1) is 6.54 Å². The van der Waals surface area contributed by atoms with Crippen LogP contribution in [0.25, 0.3) is 0 Å². The number of para-hydroxylation sites is 2. The maximum atomic E-state index is 12.9. The zero-order valence-corrected chi connectivity index (χ0v) is 19.8. The largest absolute Gasteiger partial charge is 0.368 e. The van der Waals surface area contributed by atoms with E-state index in [1.165, 1.54) is 11.3 Å². The van der Waals surface area contributed by atoms with Crippen molar-refractivity contribution in [3.63, 3.8) is 0 Å². The molecule has 0 radical (unpaired) electrons. The number of piperazine rings is 1. The van der Waals surface area contributed by atoms with Gasteiger partial charge >= 0.3 is 0 Å². The lowest BCUT2D eigenvalue weighted by Crippen LogP contribution is -2.54. The first-order valence-electron chi connectivity index (χ1n) is 10.4. The van der Waals surface area contributed by atoms with Gasteiger partial charge in [-0.15, -0.1) is 24.0 Å². The third-order valence-electron chi connectivity index (χ3n) is 5.72. The van der Waals surface area contributed by atoms with Crippen LogP contribution in [-0.2, 0) is 11.2 Å². The number of fused-ring (bicyclic) bond motifs is 1. The van der Waals surface area contributed by atoms with Crippen molar-refractivity contribution >= 4 is 47.2 Å². The zero-order valence-electron chi connectivity index (χ0n) is 17.5. The van der Waals surface area contributed by atoms with Crippen LogP contribution in [0.5, 0.6) is 0 Å². The molecule has 2 aliphatic heterocycles. The Morgan fingerprint density at radius 3 is 2.40 bits per heavy atom. The molecule has 0 bridgehead atoms. The van der Waals surface area contributed by atoms with E-state index in [1.807, 2.05) is 29.2 Å². The molecule has 30 heavy (non-hydrogen) atoms. The average Bonchev–Trinajstić information content (AvgIpc) is 2.80. The highest BCUT2D eigenvalue weighted by Gasteiger charge is 2.24. The standard InChI is InChI=1S/C23H29N5O.HI/c1-24-23(27-16-14-26(15-17-27)20-10-3-2-4-11-20)25-18-22(29)28-13-7-9-19-8-5-6-12-21(19)28;/h2-6,8,10-12H,7,9,13-18H2,1H3,(H,24,25);1H. The van der Waals surface area contributed by atoms with Gasteiger partial charge in [-0.25, -0.2) is 0 Å². The van der Waals surface area contributed by atoms with E-state index in [-0.39, 0.29) is 36.4 Å². The molecule has 0 saturated carbocycles. The summed E-state index contributed by atoms with van der Waals surface area (Å²) >= 11 is 0. The molecule has 7 heteroatoms. The van der Waals surface area contributed by atoms with Gasteiger partial charge in [-0.1, -0.05) is 36.4 Å². The first kappa shape index (κ1) is 22.4. The summed E-state index contributed by atoms with van der Waals surface area (Å²) in [7, 11) is 1.78. The van der Waals surface area contributed by atoms with Crippen LogP contribution in [0.1, 0.15) is 12.0 Å². The summed E-state index contributed by atoms with van der Waals surface area (Å²) in [4.78, 5) is 23.8.